The van der Waals surface area contributed by atoms with Gasteiger partial charge in [-0.05, 0) is 55.0 Å². The van der Waals surface area contributed by atoms with Crippen molar-refractivity contribution >= 4 is 16.1 Å². The Kier molecular flexibility index (Phi) is 3.90. The van der Waals surface area contributed by atoms with E-state index in [-0.39, 0.29) is 4.90 Å². The van der Waals surface area contributed by atoms with Gasteiger partial charge in [0.05, 0.1) is 4.90 Å². The van der Waals surface area contributed by atoms with Crippen LogP contribution in [0.25, 0.3) is 0 Å². The average molecular weight is 290 g/mol. The summed E-state index contributed by atoms with van der Waals surface area (Å²) >= 11 is 0. The Morgan fingerprint density at radius 3 is 2.20 bits per heavy atom. The van der Waals surface area contributed by atoms with Crippen LogP contribution in [0.1, 0.15) is 15.9 Å². The maximum atomic E-state index is 11.4. The first-order valence-corrected chi connectivity index (χ1v) is 7.83. The average Bonchev–Trinajstić information content (AvgIpc) is 2.40. The first-order chi connectivity index (χ1) is 9.40. The third-order valence-electron chi connectivity index (χ3n) is 2.81. The van der Waals surface area contributed by atoms with Crippen LogP contribution in [-0.2, 0) is 9.84 Å². The molecule has 0 saturated carbocycles. The van der Waals surface area contributed by atoms with Crippen LogP contribution in [0.15, 0.2) is 47.4 Å². The van der Waals surface area contributed by atoms with E-state index in [1.54, 1.807) is 30.3 Å². The lowest BCUT2D eigenvalue weighted by Crippen LogP contribution is -1.96. The molecule has 4 nitrogen and oxygen atoms in total. The molecule has 0 amide bonds. The predicted octanol–water partition coefficient (Wildman–Crippen LogP) is 3.00. The van der Waals surface area contributed by atoms with E-state index in [1.807, 2.05) is 6.92 Å². The summed E-state index contributed by atoms with van der Waals surface area (Å²) in [5.41, 5.74) is 1.42. The van der Waals surface area contributed by atoms with Crippen LogP contribution in [0.3, 0.4) is 0 Å². The minimum atomic E-state index is -3.20. The normalized spacial score (nSPS) is 11.1. The highest BCUT2D eigenvalue weighted by atomic mass is 32.2. The number of benzene rings is 2. The van der Waals surface area contributed by atoms with Gasteiger partial charge in [0.25, 0.3) is 0 Å². The highest BCUT2D eigenvalue weighted by molar-refractivity contribution is 7.90. The van der Waals surface area contributed by atoms with Crippen LogP contribution in [0, 0.1) is 6.92 Å². The summed E-state index contributed by atoms with van der Waals surface area (Å²) in [6.07, 6.45) is 1.93. The van der Waals surface area contributed by atoms with Crippen molar-refractivity contribution in [1.29, 1.82) is 0 Å². The molecular weight excluding hydrogens is 276 g/mol. The topological polar surface area (TPSA) is 60.4 Å². The molecule has 2 aromatic carbocycles. The molecule has 0 unspecified atom stereocenters. The molecule has 0 atom stereocenters. The summed E-state index contributed by atoms with van der Waals surface area (Å²) in [5.74, 6) is 1.17. The number of carbonyl (C=O) groups excluding carboxylic acids is 1. The van der Waals surface area contributed by atoms with Crippen molar-refractivity contribution in [3.05, 3.63) is 53.6 Å². The summed E-state index contributed by atoms with van der Waals surface area (Å²) in [7, 11) is -3.20. The molecule has 0 bridgehead atoms. The second-order valence-corrected chi connectivity index (χ2v) is 6.50. The van der Waals surface area contributed by atoms with E-state index in [9.17, 15) is 13.2 Å². The van der Waals surface area contributed by atoms with E-state index in [0.29, 0.717) is 17.1 Å². The third-order valence-corrected chi connectivity index (χ3v) is 3.94. The van der Waals surface area contributed by atoms with E-state index in [1.165, 1.54) is 12.1 Å². The first-order valence-electron chi connectivity index (χ1n) is 5.94. The number of rotatable bonds is 4. The van der Waals surface area contributed by atoms with Crippen molar-refractivity contribution in [2.75, 3.05) is 6.26 Å². The number of aldehydes is 1. The largest absolute Gasteiger partial charge is 0.457 e. The quantitative estimate of drug-likeness (QED) is 0.812. The maximum Gasteiger partial charge on any atom is 0.175 e. The van der Waals surface area contributed by atoms with Crippen molar-refractivity contribution in [1.82, 2.24) is 0 Å². The summed E-state index contributed by atoms with van der Waals surface area (Å²) in [6.45, 7) is 1.84. The molecule has 20 heavy (non-hydrogen) atoms. The molecule has 0 fully saturated rings. The number of carbonyl (C=O) groups is 1. The molecule has 0 aliphatic rings. The molecule has 0 radical (unpaired) electrons. The fraction of sp³-hybridized carbons (Fsp3) is 0.133. The Morgan fingerprint density at radius 2 is 1.70 bits per heavy atom. The lowest BCUT2D eigenvalue weighted by atomic mass is 10.1. The van der Waals surface area contributed by atoms with Gasteiger partial charge in [-0.1, -0.05) is 0 Å². The molecule has 5 heteroatoms. The van der Waals surface area contributed by atoms with Crippen LogP contribution in [0.5, 0.6) is 11.5 Å². The molecule has 0 aliphatic carbocycles. The zero-order valence-corrected chi connectivity index (χ0v) is 12.0. The van der Waals surface area contributed by atoms with Gasteiger partial charge in [-0.3, -0.25) is 4.79 Å². The lowest BCUT2D eigenvalue weighted by molar-refractivity contribution is 0.112. The standard InChI is InChI=1S/C15H14O4S/c1-11-9-12(10-16)3-8-15(11)19-13-4-6-14(7-5-13)20(2,17)18/h3-10H,1-2H3. The molecule has 0 N–H and O–H groups in total. The first kappa shape index (κ1) is 14.3. The molecule has 2 aromatic rings. The Bertz CT molecular complexity index is 731. The van der Waals surface area contributed by atoms with E-state index in [0.717, 1.165) is 18.1 Å². The van der Waals surface area contributed by atoms with Gasteiger partial charge in [0.1, 0.15) is 17.8 Å². The van der Waals surface area contributed by atoms with Gasteiger partial charge >= 0.3 is 0 Å². The summed E-state index contributed by atoms with van der Waals surface area (Å²) in [4.78, 5) is 10.9. The van der Waals surface area contributed by atoms with E-state index in [4.69, 9.17) is 4.74 Å². The summed E-state index contributed by atoms with van der Waals surface area (Å²) in [5, 5.41) is 0. The van der Waals surface area contributed by atoms with Gasteiger partial charge in [0.15, 0.2) is 9.84 Å². The van der Waals surface area contributed by atoms with Crippen LogP contribution >= 0.6 is 0 Å². The SMILES string of the molecule is Cc1cc(C=O)ccc1Oc1ccc(S(C)(=O)=O)cc1. The van der Waals surface area contributed by atoms with Gasteiger partial charge in [-0.25, -0.2) is 8.42 Å². The molecule has 0 heterocycles. The third kappa shape index (κ3) is 3.24. The van der Waals surface area contributed by atoms with Crippen molar-refractivity contribution in [3.63, 3.8) is 0 Å². The molecule has 0 spiro atoms. The summed E-state index contributed by atoms with van der Waals surface area (Å²) < 4.78 is 28.4. The maximum absolute atomic E-state index is 11.4. The number of ether oxygens (including phenoxy) is 1. The Labute approximate surface area is 117 Å². The highest BCUT2D eigenvalue weighted by Crippen LogP contribution is 2.26. The van der Waals surface area contributed by atoms with Gasteiger partial charge in [-0.2, -0.15) is 0 Å². The number of sulfone groups is 1. The van der Waals surface area contributed by atoms with Crippen LogP contribution < -0.4 is 4.74 Å². The highest BCUT2D eigenvalue weighted by Gasteiger charge is 2.07. The molecule has 0 aliphatic heterocycles. The predicted molar refractivity (Wildman–Crippen MR) is 76.2 cm³/mol. The Hall–Kier alpha value is -2.14. The number of aryl methyl sites for hydroxylation is 1. The van der Waals surface area contributed by atoms with Crippen molar-refractivity contribution in [2.24, 2.45) is 0 Å². The van der Waals surface area contributed by atoms with Gasteiger partial charge < -0.3 is 4.74 Å². The van der Waals surface area contributed by atoms with E-state index >= 15 is 0 Å². The minimum Gasteiger partial charge on any atom is -0.457 e. The minimum absolute atomic E-state index is 0.248. The zero-order valence-electron chi connectivity index (χ0n) is 11.2. The lowest BCUT2D eigenvalue weighted by Gasteiger charge is -2.09. The summed E-state index contributed by atoms with van der Waals surface area (Å²) in [6, 6.07) is 11.3. The molecule has 0 saturated heterocycles. The zero-order chi connectivity index (χ0) is 14.8. The Morgan fingerprint density at radius 1 is 1.05 bits per heavy atom. The second kappa shape index (κ2) is 5.46. The van der Waals surface area contributed by atoms with Crippen molar-refractivity contribution in [3.8, 4) is 11.5 Å². The number of hydrogen-bond acceptors (Lipinski definition) is 4. The fourth-order valence-corrected chi connectivity index (χ4v) is 2.37. The van der Waals surface area contributed by atoms with Gasteiger partial charge in [-0.15, -0.1) is 0 Å². The van der Waals surface area contributed by atoms with Crippen molar-refractivity contribution < 1.29 is 17.9 Å². The monoisotopic (exact) mass is 290 g/mol. The van der Waals surface area contributed by atoms with E-state index in [2.05, 4.69) is 0 Å². The second-order valence-electron chi connectivity index (χ2n) is 4.49. The van der Waals surface area contributed by atoms with Crippen molar-refractivity contribution in [2.45, 2.75) is 11.8 Å². The smallest absolute Gasteiger partial charge is 0.175 e. The number of hydrogen-bond donors (Lipinski definition) is 0. The van der Waals surface area contributed by atoms with Gasteiger partial charge in [0.2, 0.25) is 0 Å². The Balaban J connectivity index is 2.24. The molecule has 2 rings (SSSR count). The molecule has 104 valence electrons. The van der Waals surface area contributed by atoms with E-state index < -0.39 is 9.84 Å². The van der Waals surface area contributed by atoms with Crippen LogP contribution in [-0.4, -0.2) is 21.0 Å². The van der Waals surface area contributed by atoms with Crippen LogP contribution in [0.4, 0.5) is 0 Å². The van der Waals surface area contributed by atoms with Crippen LogP contribution in [0.2, 0.25) is 0 Å². The molecular formula is C15H14O4S. The van der Waals surface area contributed by atoms with Gasteiger partial charge in [0, 0.05) is 11.8 Å². The molecule has 0 aromatic heterocycles. The fourth-order valence-electron chi connectivity index (χ4n) is 1.74.